The van der Waals surface area contributed by atoms with E-state index in [-0.39, 0.29) is 12.6 Å². The molecule has 3 amide bonds. The van der Waals surface area contributed by atoms with Crippen molar-refractivity contribution in [3.8, 4) is 5.69 Å². The van der Waals surface area contributed by atoms with Crippen LogP contribution in [0.3, 0.4) is 0 Å². The Morgan fingerprint density at radius 1 is 1.35 bits per heavy atom. The Morgan fingerprint density at radius 2 is 2.17 bits per heavy atom. The third-order valence-corrected chi connectivity index (χ3v) is 3.62. The minimum atomic E-state index is -0.452. The summed E-state index contributed by atoms with van der Waals surface area (Å²) in [5, 5.41) is 12.5. The molecule has 3 N–H and O–H groups in total. The zero-order valence-electron chi connectivity index (χ0n) is 12.3. The number of urea groups is 1. The van der Waals surface area contributed by atoms with Crippen molar-refractivity contribution >= 4 is 29.2 Å². The molecule has 1 aromatic heterocycles. The number of hydrogen-bond donors (Lipinski definition) is 3. The number of halogens is 1. The number of amides is 3. The molecule has 1 aliphatic rings. The van der Waals surface area contributed by atoms with Gasteiger partial charge in [0.1, 0.15) is 0 Å². The average Bonchev–Trinajstić information content (AvgIpc) is 3.15. The van der Waals surface area contributed by atoms with E-state index in [9.17, 15) is 9.59 Å². The lowest BCUT2D eigenvalue weighted by Gasteiger charge is -2.10. The van der Waals surface area contributed by atoms with E-state index in [2.05, 4.69) is 21.0 Å². The van der Waals surface area contributed by atoms with Gasteiger partial charge in [-0.1, -0.05) is 11.6 Å². The molecule has 7 nitrogen and oxygen atoms in total. The van der Waals surface area contributed by atoms with Crippen molar-refractivity contribution in [3.63, 3.8) is 0 Å². The summed E-state index contributed by atoms with van der Waals surface area (Å²) in [6.07, 6.45) is 5.40. The fourth-order valence-corrected chi connectivity index (χ4v) is 2.28. The maximum atomic E-state index is 11.7. The lowest BCUT2D eigenvalue weighted by Crippen LogP contribution is -2.42. The number of rotatable bonds is 5. The number of carbonyl (C=O) groups excluding carboxylic acids is 2. The average molecular weight is 334 g/mol. The van der Waals surface area contributed by atoms with Gasteiger partial charge in [-0.25, -0.2) is 9.48 Å². The van der Waals surface area contributed by atoms with Crippen molar-refractivity contribution in [3.05, 3.63) is 41.7 Å². The Labute approximate surface area is 138 Å². The summed E-state index contributed by atoms with van der Waals surface area (Å²) < 4.78 is 1.65. The molecule has 23 heavy (non-hydrogen) atoms. The summed E-state index contributed by atoms with van der Waals surface area (Å²) in [6, 6.07) is 6.86. The van der Waals surface area contributed by atoms with Crippen LogP contribution in [0, 0.1) is 0 Å². The van der Waals surface area contributed by atoms with Gasteiger partial charge in [0.05, 0.1) is 17.3 Å². The van der Waals surface area contributed by atoms with E-state index in [1.54, 1.807) is 41.3 Å². The molecular formula is C15H16ClN5O2. The molecule has 1 heterocycles. The minimum absolute atomic E-state index is 0.0183. The standard InChI is InChI=1S/C15H16ClN5O2/c16-12-8-11(4-5-13(12)21-7-1-6-18-21)17-9-14(22)20-15(23)19-10-2-3-10/h1,4-8,10,17H,2-3,9H2,(H2,19,20,22,23). The summed E-state index contributed by atoms with van der Waals surface area (Å²) in [6.45, 7) is -0.0183. The number of nitrogens with zero attached hydrogens (tertiary/aromatic N) is 2. The second-order valence-electron chi connectivity index (χ2n) is 5.27. The Balaban J connectivity index is 1.52. The molecule has 0 atom stereocenters. The SMILES string of the molecule is O=C(CNc1ccc(-n2cccn2)c(Cl)c1)NC(=O)NC1CC1. The molecule has 3 rings (SSSR count). The summed E-state index contributed by atoms with van der Waals surface area (Å²) in [7, 11) is 0. The molecule has 0 unspecified atom stereocenters. The first-order valence-electron chi connectivity index (χ1n) is 7.25. The zero-order chi connectivity index (χ0) is 16.2. The van der Waals surface area contributed by atoms with Crippen molar-refractivity contribution in [2.75, 3.05) is 11.9 Å². The van der Waals surface area contributed by atoms with Gasteiger partial charge < -0.3 is 10.6 Å². The highest BCUT2D eigenvalue weighted by atomic mass is 35.5. The smallest absolute Gasteiger partial charge is 0.321 e. The predicted octanol–water partition coefficient (Wildman–Crippen LogP) is 1.93. The van der Waals surface area contributed by atoms with Gasteiger partial charge in [-0.15, -0.1) is 0 Å². The van der Waals surface area contributed by atoms with Gasteiger partial charge in [0.2, 0.25) is 5.91 Å². The Kier molecular flexibility index (Phi) is 4.47. The van der Waals surface area contributed by atoms with E-state index in [1.807, 2.05) is 0 Å². The van der Waals surface area contributed by atoms with Gasteiger partial charge in [-0.05, 0) is 37.1 Å². The second kappa shape index (κ2) is 6.70. The van der Waals surface area contributed by atoms with Crippen LogP contribution in [0.1, 0.15) is 12.8 Å². The van der Waals surface area contributed by atoms with Crippen molar-refractivity contribution in [1.82, 2.24) is 20.4 Å². The molecule has 2 aromatic rings. The third-order valence-electron chi connectivity index (χ3n) is 3.32. The zero-order valence-corrected chi connectivity index (χ0v) is 13.0. The highest BCUT2D eigenvalue weighted by molar-refractivity contribution is 6.32. The number of anilines is 1. The first kappa shape index (κ1) is 15.4. The Morgan fingerprint density at radius 3 is 2.83 bits per heavy atom. The summed E-state index contributed by atoms with van der Waals surface area (Å²) in [5.74, 6) is -0.407. The lowest BCUT2D eigenvalue weighted by atomic mass is 10.2. The van der Waals surface area contributed by atoms with Gasteiger partial charge in [0.25, 0.3) is 0 Å². The molecule has 0 aliphatic heterocycles. The van der Waals surface area contributed by atoms with Crippen LogP contribution in [0.2, 0.25) is 5.02 Å². The van der Waals surface area contributed by atoms with E-state index < -0.39 is 11.9 Å². The first-order valence-corrected chi connectivity index (χ1v) is 7.63. The summed E-state index contributed by atoms with van der Waals surface area (Å²) >= 11 is 6.22. The van der Waals surface area contributed by atoms with E-state index in [1.165, 1.54) is 0 Å². The number of carbonyl (C=O) groups is 2. The van der Waals surface area contributed by atoms with Gasteiger partial charge in [-0.2, -0.15) is 5.10 Å². The third kappa shape index (κ3) is 4.23. The van der Waals surface area contributed by atoms with Crippen LogP contribution in [0.4, 0.5) is 10.5 Å². The van der Waals surface area contributed by atoms with E-state index in [4.69, 9.17) is 11.6 Å². The largest absolute Gasteiger partial charge is 0.376 e. The molecular weight excluding hydrogens is 318 g/mol. The van der Waals surface area contributed by atoms with Crippen LogP contribution in [-0.4, -0.2) is 34.3 Å². The topological polar surface area (TPSA) is 88.1 Å². The highest BCUT2D eigenvalue weighted by Gasteiger charge is 2.23. The fourth-order valence-electron chi connectivity index (χ4n) is 2.02. The van der Waals surface area contributed by atoms with Gasteiger partial charge >= 0.3 is 6.03 Å². The van der Waals surface area contributed by atoms with Crippen LogP contribution < -0.4 is 16.0 Å². The maximum absolute atomic E-state index is 11.7. The van der Waals surface area contributed by atoms with E-state index in [0.717, 1.165) is 18.5 Å². The van der Waals surface area contributed by atoms with Crippen LogP contribution in [0.5, 0.6) is 0 Å². The normalized spacial score (nSPS) is 13.4. The van der Waals surface area contributed by atoms with E-state index in [0.29, 0.717) is 10.7 Å². The Bertz CT molecular complexity index is 713. The van der Waals surface area contributed by atoms with Gasteiger partial charge in [-0.3, -0.25) is 10.1 Å². The van der Waals surface area contributed by atoms with Crippen LogP contribution in [0.15, 0.2) is 36.7 Å². The van der Waals surface area contributed by atoms with Crippen LogP contribution >= 0.6 is 11.6 Å². The van der Waals surface area contributed by atoms with Crippen molar-refractivity contribution < 1.29 is 9.59 Å². The molecule has 120 valence electrons. The molecule has 8 heteroatoms. The number of aromatic nitrogens is 2. The highest BCUT2D eigenvalue weighted by Crippen LogP contribution is 2.23. The van der Waals surface area contributed by atoms with Gasteiger partial charge in [0.15, 0.2) is 0 Å². The lowest BCUT2D eigenvalue weighted by molar-refractivity contribution is -0.118. The summed E-state index contributed by atoms with van der Waals surface area (Å²) in [4.78, 5) is 23.1. The molecule has 0 radical (unpaired) electrons. The molecule has 1 fully saturated rings. The van der Waals surface area contributed by atoms with Gasteiger partial charge in [0, 0.05) is 24.1 Å². The first-order chi connectivity index (χ1) is 11.1. The molecule has 0 saturated heterocycles. The maximum Gasteiger partial charge on any atom is 0.321 e. The molecule has 0 bridgehead atoms. The van der Waals surface area contributed by atoms with Crippen molar-refractivity contribution in [1.29, 1.82) is 0 Å². The summed E-state index contributed by atoms with van der Waals surface area (Å²) in [5.41, 5.74) is 1.43. The minimum Gasteiger partial charge on any atom is -0.376 e. The molecule has 1 aliphatic carbocycles. The van der Waals surface area contributed by atoms with E-state index >= 15 is 0 Å². The van der Waals surface area contributed by atoms with Crippen molar-refractivity contribution in [2.45, 2.75) is 18.9 Å². The van der Waals surface area contributed by atoms with Crippen LogP contribution in [-0.2, 0) is 4.79 Å². The number of nitrogens with one attached hydrogen (secondary N) is 3. The second-order valence-corrected chi connectivity index (χ2v) is 5.67. The Hall–Kier alpha value is -2.54. The van der Waals surface area contributed by atoms with Crippen LogP contribution in [0.25, 0.3) is 5.69 Å². The predicted molar refractivity (Wildman–Crippen MR) is 86.8 cm³/mol. The van der Waals surface area contributed by atoms with Crippen molar-refractivity contribution in [2.24, 2.45) is 0 Å². The number of hydrogen-bond acceptors (Lipinski definition) is 4. The quantitative estimate of drug-likeness (QED) is 0.780. The molecule has 1 saturated carbocycles. The fraction of sp³-hybridized carbons (Fsp3) is 0.267. The number of benzene rings is 1. The molecule has 1 aromatic carbocycles. The number of imide groups is 1. The monoisotopic (exact) mass is 333 g/mol. The molecule has 0 spiro atoms.